The van der Waals surface area contributed by atoms with Gasteiger partial charge in [0, 0.05) is 56.4 Å². The fourth-order valence-corrected chi connectivity index (χ4v) is 7.38. The van der Waals surface area contributed by atoms with Crippen molar-refractivity contribution in [1.29, 1.82) is 0 Å². The van der Waals surface area contributed by atoms with Crippen molar-refractivity contribution in [3.8, 4) is 23.0 Å². The average molecular weight is 686 g/mol. The van der Waals surface area contributed by atoms with Crippen LogP contribution in [0.2, 0.25) is 0 Å². The maximum absolute atomic E-state index is 12.6. The Balaban J connectivity index is 0.000000187. The Morgan fingerprint density at radius 2 is 1.28 bits per heavy atom. The zero-order valence-electron chi connectivity index (χ0n) is 28.9. The molecule has 2 atom stereocenters. The van der Waals surface area contributed by atoms with Crippen LogP contribution in [-0.2, 0) is 16.1 Å². The highest BCUT2D eigenvalue weighted by atomic mass is 16.6. The summed E-state index contributed by atoms with van der Waals surface area (Å²) in [5.74, 6) is 3.62. The lowest BCUT2D eigenvalue weighted by atomic mass is 9.98. The minimum atomic E-state index is -0.421. The number of amides is 2. The van der Waals surface area contributed by atoms with Gasteiger partial charge >= 0.3 is 0 Å². The average Bonchev–Trinajstić information content (AvgIpc) is 3.96. The van der Waals surface area contributed by atoms with Gasteiger partial charge in [-0.1, -0.05) is 24.3 Å². The number of carbonyl (C=O) groups is 2. The summed E-state index contributed by atoms with van der Waals surface area (Å²) in [7, 11) is 3.30. The van der Waals surface area contributed by atoms with Crippen molar-refractivity contribution in [3.63, 3.8) is 0 Å². The largest absolute Gasteiger partial charge is 0.493 e. The van der Waals surface area contributed by atoms with Crippen LogP contribution in [0.5, 0.6) is 23.0 Å². The maximum Gasteiger partial charge on any atom is 0.269 e. The van der Waals surface area contributed by atoms with Gasteiger partial charge in [-0.05, 0) is 92.3 Å². The number of likely N-dealkylation sites (tertiary alicyclic amines) is 1. The number of nitrogens with one attached hydrogen (secondary N) is 1. The van der Waals surface area contributed by atoms with E-state index in [0.29, 0.717) is 38.6 Å². The lowest BCUT2D eigenvalue weighted by molar-refractivity contribution is -0.384. The lowest BCUT2D eigenvalue weighted by Gasteiger charge is -2.19. The van der Waals surface area contributed by atoms with Crippen LogP contribution >= 0.6 is 0 Å². The van der Waals surface area contributed by atoms with Gasteiger partial charge in [0.05, 0.1) is 31.4 Å². The van der Waals surface area contributed by atoms with Crippen LogP contribution in [0.15, 0.2) is 60.7 Å². The normalized spacial score (nSPS) is 20.7. The molecule has 0 bridgehead atoms. The molecular weight excluding hydrogens is 638 g/mol. The van der Waals surface area contributed by atoms with Gasteiger partial charge in [-0.25, -0.2) is 0 Å². The number of carbonyl (C=O) groups excluding carboxylic acids is 2. The molecule has 7 rings (SSSR count). The molecule has 50 heavy (non-hydrogen) atoms. The fraction of sp³-hybridized carbons (Fsp3) is 0.487. The molecule has 2 saturated heterocycles. The van der Waals surface area contributed by atoms with Crippen molar-refractivity contribution < 1.29 is 33.5 Å². The number of nitro benzene ring substituents is 1. The van der Waals surface area contributed by atoms with Crippen molar-refractivity contribution in [3.05, 3.63) is 87.5 Å². The van der Waals surface area contributed by atoms with Gasteiger partial charge in [-0.2, -0.15) is 0 Å². The Hall–Kier alpha value is -4.80. The van der Waals surface area contributed by atoms with E-state index in [9.17, 15) is 19.7 Å². The van der Waals surface area contributed by atoms with Crippen LogP contribution < -0.4 is 24.3 Å². The summed E-state index contributed by atoms with van der Waals surface area (Å²) in [6.07, 6.45) is 10.8. The van der Waals surface area contributed by atoms with Crippen molar-refractivity contribution in [2.75, 3.05) is 27.3 Å². The molecule has 2 aliphatic carbocycles. The number of hydrogen-bond acceptors (Lipinski definition) is 8. The number of methoxy groups -OCH3 is 2. The summed E-state index contributed by atoms with van der Waals surface area (Å²) in [6.45, 7) is 1.79. The molecule has 0 aromatic heterocycles. The quantitative estimate of drug-likeness (QED) is 0.168. The Kier molecular flexibility index (Phi) is 11.4. The molecule has 2 heterocycles. The zero-order valence-corrected chi connectivity index (χ0v) is 28.9. The van der Waals surface area contributed by atoms with Gasteiger partial charge in [0.25, 0.3) is 5.69 Å². The van der Waals surface area contributed by atoms with Gasteiger partial charge in [0.2, 0.25) is 11.8 Å². The second kappa shape index (κ2) is 16.3. The van der Waals surface area contributed by atoms with Crippen molar-refractivity contribution in [1.82, 2.24) is 10.2 Å². The van der Waals surface area contributed by atoms with Crippen LogP contribution in [-0.4, -0.2) is 61.2 Å². The molecular formula is C39H47N3O8. The lowest BCUT2D eigenvalue weighted by Crippen LogP contribution is -2.24. The van der Waals surface area contributed by atoms with Gasteiger partial charge in [0.1, 0.15) is 0 Å². The second-order valence-electron chi connectivity index (χ2n) is 13.7. The van der Waals surface area contributed by atoms with E-state index >= 15 is 0 Å². The van der Waals surface area contributed by atoms with Gasteiger partial charge in [-0.15, -0.1) is 0 Å². The van der Waals surface area contributed by atoms with Crippen LogP contribution in [0.3, 0.4) is 0 Å². The molecule has 4 aliphatic rings. The van der Waals surface area contributed by atoms with Crippen molar-refractivity contribution >= 4 is 17.5 Å². The number of nitrogens with zero attached hydrogens (tertiary/aromatic N) is 2. The number of rotatable bonds is 11. The van der Waals surface area contributed by atoms with Crippen molar-refractivity contribution in [2.45, 2.75) is 94.8 Å². The highest BCUT2D eigenvalue weighted by molar-refractivity contribution is 5.80. The van der Waals surface area contributed by atoms with Crippen molar-refractivity contribution in [2.24, 2.45) is 0 Å². The summed E-state index contributed by atoms with van der Waals surface area (Å²) >= 11 is 0. The smallest absolute Gasteiger partial charge is 0.269 e. The van der Waals surface area contributed by atoms with Crippen LogP contribution in [0, 0.1) is 10.1 Å². The third-order valence-corrected chi connectivity index (χ3v) is 10.2. The highest BCUT2D eigenvalue weighted by Gasteiger charge is 2.32. The third-order valence-electron chi connectivity index (χ3n) is 10.2. The first kappa shape index (κ1) is 35.0. The van der Waals surface area contributed by atoms with Crippen LogP contribution in [0.1, 0.15) is 92.7 Å². The number of hydrogen-bond donors (Lipinski definition) is 1. The molecule has 2 aliphatic heterocycles. The molecule has 1 N–H and O–H groups in total. The Morgan fingerprint density at radius 1 is 0.740 bits per heavy atom. The van der Waals surface area contributed by atoms with E-state index in [1.807, 2.05) is 41.3 Å². The SMILES string of the molecule is COc1ccc([C@@H]2CNC(=O)C2)cc1OC1CCCC1.COc1ccc([C@H]2CC(=O)N(Cc3ccc([N+](=O)[O-])cc3)C2)cc1OC1CCCC1. The van der Waals surface area contributed by atoms with Gasteiger partial charge in [0.15, 0.2) is 23.0 Å². The van der Waals surface area contributed by atoms with Crippen LogP contribution in [0.4, 0.5) is 5.69 Å². The molecule has 2 saturated carbocycles. The van der Waals surface area contributed by atoms with E-state index in [-0.39, 0.29) is 35.4 Å². The summed E-state index contributed by atoms with van der Waals surface area (Å²) in [4.78, 5) is 36.1. The summed E-state index contributed by atoms with van der Waals surface area (Å²) in [5.41, 5.74) is 3.16. The molecule has 4 fully saturated rings. The van der Waals surface area contributed by atoms with E-state index in [1.54, 1.807) is 26.4 Å². The predicted molar refractivity (Wildman–Crippen MR) is 188 cm³/mol. The second-order valence-corrected chi connectivity index (χ2v) is 13.7. The third kappa shape index (κ3) is 8.67. The molecule has 3 aromatic rings. The van der Waals surface area contributed by atoms with E-state index in [0.717, 1.165) is 65.4 Å². The summed E-state index contributed by atoms with van der Waals surface area (Å²) in [5, 5.41) is 13.7. The minimum Gasteiger partial charge on any atom is -0.493 e. The molecule has 2 amide bonds. The standard InChI is InChI=1S/C23H26N2O5.C16H21NO3/c1-29-21-11-8-17(12-22(21)30-20-4-2-3-5-20)18-13-23(26)24(15-18)14-16-6-9-19(10-7-16)25(27)28;1-19-14-7-6-11(12-9-16(18)17-10-12)8-15(14)20-13-4-2-3-5-13/h6-12,18,20H,2-5,13-15H2,1H3;6-8,12-13H,2-5,9-10H2,1H3,(H,17,18)/t18-;12-/m00/s1. The first-order chi connectivity index (χ1) is 24.3. The first-order valence-electron chi connectivity index (χ1n) is 17.8. The molecule has 266 valence electrons. The van der Waals surface area contributed by atoms with E-state index in [4.69, 9.17) is 18.9 Å². The summed E-state index contributed by atoms with van der Waals surface area (Å²) < 4.78 is 23.2. The monoisotopic (exact) mass is 685 g/mol. The Bertz CT molecular complexity index is 1650. The molecule has 3 aromatic carbocycles. The first-order valence-corrected chi connectivity index (χ1v) is 17.8. The molecule has 11 heteroatoms. The van der Waals surface area contributed by atoms with Gasteiger partial charge in [-0.3, -0.25) is 19.7 Å². The molecule has 0 radical (unpaired) electrons. The number of non-ortho nitro benzene ring substituents is 1. The Morgan fingerprint density at radius 3 is 1.76 bits per heavy atom. The van der Waals surface area contributed by atoms with E-state index < -0.39 is 4.92 Å². The van der Waals surface area contributed by atoms with E-state index in [2.05, 4.69) is 5.32 Å². The van der Waals surface area contributed by atoms with Gasteiger partial charge < -0.3 is 29.2 Å². The maximum atomic E-state index is 12.6. The highest BCUT2D eigenvalue weighted by Crippen LogP contribution is 2.38. The van der Waals surface area contributed by atoms with Crippen LogP contribution in [0.25, 0.3) is 0 Å². The molecule has 0 unspecified atom stereocenters. The molecule has 0 spiro atoms. The number of ether oxygens (including phenoxy) is 4. The number of nitro groups is 1. The number of benzene rings is 3. The Labute approximate surface area is 293 Å². The predicted octanol–water partition coefficient (Wildman–Crippen LogP) is 7.06. The van der Waals surface area contributed by atoms with E-state index in [1.165, 1.54) is 37.8 Å². The minimum absolute atomic E-state index is 0.0531. The summed E-state index contributed by atoms with van der Waals surface area (Å²) in [6, 6.07) is 18.3. The fourth-order valence-electron chi connectivity index (χ4n) is 7.38. The molecule has 11 nitrogen and oxygen atoms in total. The topological polar surface area (TPSA) is 129 Å². The zero-order chi connectivity index (χ0) is 35.0.